The summed E-state index contributed by atoms with van der Waals surface area (Å²) >= 11 is 0. The molecule has 1 atom stereocenters. The molecule has 0 bridgehead atoms. The number of aliphatic hydroxyl groups excluding tert-OH is 1. The summed E-state index contributed by atoms with van der Waals surface area (Å²) in [5.41, 5.74) is 0.397. The quantitative estimate of drug-likeness (QED) is 0.796. The van der Waals surface area contributed by atoms with Crippen LogP contribution in [0.25, 0.3) is 0 Å². The Hall–Kier alpha value is -1.07. The molecule has 116 valence electrons. The number of ether oxygens (including phenoxy) is 1. The summed E-state index contributed by atoms with van der Waals surface area (Å²) in [5, 5.41) is 15.2. The van der Waals surface area contributed by atoms with Crippen molar-refractivity contribution in [3.05, 3.63) is 11.9 Å². The molecule has 0 aliphatic rings. The van der Waals surface area contributed by atoms with Crippen LogP contribution >= 0.6 is 0 Å². The molecule has 1 rings (SSSR count). The van der Waals surface area contributed by atoms with Gasteiger partial charge in [0.1, 0.15) is 11.8 Å². The molecular formula is C15H29N3O2. The molecule has 0 spiro atoms. The second kappa shape index (κ2) is 7.09. The molecule has 0 radical (unpaired) electrons. The summed E-state index contributed by atoms with van der Waals surface area (Å²) < 4.78 is 7.23. The van der Waals surface area contributed by atoms with Gasteiger partial charge in [-0.2, -0.15) is 5.10 Å². The van der Waals surface area contributed by atoms with Crippen molar-refractivity contribution in [3.63, 3.8) is 0 Å². The van der Waals surface area contributed by atoms with Crippen molar-refractivity contribution in [1.29, 1.82) is 0 Å². The fourth-order valence-corrected chi connectivity index (χ4v) is 2.75. The Balaban J connectivity index is 3.17. The van der Waals surface area contributed by atoms with Crippen LogP contribution in [-0.2, 0) is 6.54 Å². The smallest absolute Gasteiger partial charge is 0.162 e. The van der Waals surface area contributed by atoms with Crippen LogP contribution in [0.4, 0.5) is 0 Å². The van der Waals surface area contributed by atoms with E-state index < -0.39 is 6.10 Å². The van der Waals surface area contributed by atoms with Crippen LogP contribution in [0.15, 0.2) is 6.20 Å². The van der Waals surface area contributed by atoms with Gasteiger partial charge in [-0.3, -0.25) is 9.58 Å². The number of likely N-dealkylation sites (N-methyl/N-ethyl adjacent to an activating group) is 1. The number of rotatable bonds is 8. The molecule has 0 aliphatic carbocycles. The lowest BCUT2D eigenvalue weighted by atomic mass is 9.92. The molecule has 1 N–H and O–H groups in total. The number of aliphatic hydroxyl groups is 1. The van der Waals surface area contributed by atoms with Gasteiger partial charge in [-0.25, -0.2) is 0 Å². The highest BCUT2D eigenvalue weighted by molar-refractivity contribution is 5.29. The minimum absolute atomic E-state index is 0.373. The molecule has 1 heterocycles. The Morgan fingerprint density at radius 1 is 1.35 bits per heavy atom. The molecule has 0 fully saturated rings. The summed E-state index contributed by atoms with van der Waals surface area (Å²) in [7, 11) is 1.62. The zero-order valence-electron chi connectivity index (χ0n) is 13.7. The highest BCUT2D eigenvalue weighted by atomic mass is 16.5. The van der Waals surface area contributed by atoms with Crippen molar-refractivity contribution in [2.24, 2.45) is 0 Å². The molecule has 1 aromatic heterocycles. The van der Waals surface area contributed by atoms with Crippen molar-refractivity contribution in [3.8, 4) is 5.75 Å². The Bertz CT molecular complexity index is 411. The Morgan fingerprint density at radius 3 is 2.40 bits per heavy atom. The van der Waals surface area contributed by atoms with E-state index in [-0.39, 0.29) is 5.54 Å². The van der Waals surface area contributed by atoms with E-state index in [9.17, 15) is 5.11 Å². The average Bonchev–Trinajstić information content (AvgIpc) is 2.82. The van der Waals surface area contributed by atoms with Gasteiger partial charge in [0.15, 0.2) is 5.75 Å². The first kappa shape index (κ1) is 17.0. The van der Waals surface area contributed by atoms with Gasteiger partial charge in [-0.1, -0.05) is 20.8 Å². The Labute approximate surface area is 122 Å². The van der Waals surface area contributed by atoms with Gasteiger partial charge in [0.05, 0.1) is 13.3 Å². The summed E-state index contributed by atoms with van der Waals surface area (Å²) in [4.78, 5) is 2.25. The van der Waals surface area contributed by atoms with Crippen LogP contribution in [-0.4, -0.2) is 45.5 Å². The molecule has 1 aromatic rings. The van der Waals surface area contributed by atoms with Gasteiger partial charge in [-0.15, -0.1) is 0 Å². The zero-order chi connectivity index (χ0) is 15.3. The van der Waals surface area contributed by atoms with Crippen LogP contribution in [0.2, 0.25) is 0 Å². The highest BCUT2D eigenvalue weighted by Gasteiger charge is 2.37. The lowest BCUT2D eigenvalue weighted by Crippen LogP contribution is -2.48. The first-order valence-electron chi connectivity index (χ1n) is 7.46. The summed E-state index contributed by atoms with van der Waals surface area (Å²) in [6.07, 6.45) is 2.01. The molecule has 1 unspecified atom stereocenters. The van der Waals surface area contributed by atoms with Crippen LogP contribution in [0, 0.1) is 0 Å². The largest absolute Gasteiger partial charge is 0.493 e. The third kappa shape index (κ3) is 3.15. The molecule has 0 amide bonds. The predicted molar refractivity (Wildman–Crippen MR) is 81.0 cm³/mol. The van der Waals surface area contributed by atoms with Crippen molar-refractivity contribution < 1.29 is 9.84 Å². The molecule has 0 aromatic carbocycles. The zero-order valence-corrected chi connectivity index (χ0v) is 13.7. The summed E-state index contributed by atoms with van der Waals surface area (Å²) in [6, 6.07) is 0. The van der Waals surface area contributed by atoms with E-state index in [4.69, 9.17) is 4.74 Å². The van der Waals surface area contributed by atoms with Crippen LogP contribution in [0.3, 0.4) is 0 Å². The second-order valence-corrected chi connectivity index (χ2v) is 5.55. The van der Waals surface area contributed by atoms with E-state index in [2.05, 4.69) is 44.6 Å². The first-order valence-corrected chi connectivity index (χ1v) is 7.46. The number of aryl methyl sites for hydroxylation is 1. The van der Waals surface area contributed by atoms with Crippen molar-refractivity contribution in [2.45, 2.75) is 59.2 Å². The van der Waals surface area contributed by atoms with Crippen LogP contribution < -0.4 is 4.74 Å². The topological polar surface area (TPSA) is 50.5 Å². The minimum atomic E-state index is -0.647. The number of hydrogen-bond donors (Lipinski definition) is 1. The van der Waals surface area contributed by atoms with Crippen LogP contribution in [0.1, 0.15) is 52.8 Å². The molecule has 5 nitrogen and oxygen atoms in total. The SMILES string of the molecule is CCCn1ncc(OC)c1C(O)C(C)(C)N(CC)CC. The van der Waals surface area contributed by atoms with Gasteiger partial charge in [0.25, 0.3) is 0 Å². The van der Waals surface area contributed by atoms with E-state index in [1.54, 1.807) is 13.3 Å². The lowest BCUT2D eigenvalue weighted by Gasteiger charge is -2.41. The minimum Gasteiger partial charge on any atom is -0.493 e. The second-order valence-electron chi connectivity index (χ2n) is 5.55. The Kier molecular flexibility index (Phi) is 6.02. The van der Waals surface area contributed by atoms with Crippen LogP contribution in [0.5, 0.6) is 5.75 Å². The van der Waals surface area contributed by atoms with Gasteiger partial charge in [0, 0.05) is 12.1 Å². The highest BCUT2D eigenvalue weighted by Crippen LogP contribution is 2.35. The predicted octanol–water partition coefficient (Wildman–Crippen LogP) is 2.46. The van der Waals surface area contributed by atoms with Crippen molar-refractivity contribution in [2.75, 3.05) is 20.2 Å². The molecular weight excluding hydrogens is 254 g/mol. The van der Waals surface area contributed by atoms with E-state index in [1.165, 1.54) is 0 Å². The van der Waals surface area contributed by atoms with E-state index in [1.807, 2.05) is 4.68 Å². The molecule has 0 aliphatic heterocycles. The molecule has 20 heavy (non-hydrogen) atoms. The molecule has 0 saturated carbocycles. The summed E-state index contributed by atoms with van der Waals surface area (Å²) in [6.45, 7) is 13.0. The fraction of sp³-hybridized carbons (Fsp3) is 0.800. The fourth-order valence-electron chi connectivity index (χ4n) is 2.75. The summed E-state index contributed by atoms with van der Waals surface area (Å²) in [5.74, 6) is 0.659. The monoisotopic (exact) mass is 283 g/mol. The Morgan fingerprint density at radius 2 is 1.95 bits per heavy atom. The normalized spacial score (nSPS) is 13.8. The standard InChI is InChI=1S/C15H29N3O2/c1-7-10-18-13(12(20-6)11-16-18)14(19)15(4,5)17(8-2)9-3/h11,14,19H,7-10H2,1-6H3. The third-order valence-electron chi connectivity index (χ3n) is 4.01. The average molecular weight is 283 g/mol. The number of hydrogen-bond acceptors (Lipinski definition) is 4. The number of methoxy groups -OCH3 is 1. The van der Waals surface area contributed by atoms with E-state index >= 15 is 0 Å². The third-order valence-corrected chi connectivity index (χ3v) is 4.01. The van der Waals surface area contributed by atoms with E-state index in [0.717, 1.165) is 31.7 Å². The first-order chi connectivity index (χ1) is 9.43. The van der Waals surface area contributed by atoms with Gasteiger partial charge in [0.2, 0.25) is 0 Å². The molecule has 0 saturated heterocycles. The van der Waals surface area contributed by atoms with Gasteiger partial charge >= 0.3 is 0 Å². The maximum atomic E-state index is 10.9. The lowest BCUT2D eigenvalue weighted by molar-refractivity contribution is -0.0124. The maximum Gasteiger partial charge on any atom is 0.162 e. The van der Waals surface area contributed by atoms with E-state index in [0.29, 0.717) is 5.75 Å². The van der Waals surface area contributed by atoms with Crippen molar-refractivity contribution >= 4 is 0 Å². The maximum absolute atomic E-state index is 10.9. The number of nitrogens with zero attached hydrogens (tertiary/aromatic N) is 3. The number of aromatic nitrogens is 2. The van der Waals surface area contributed by atoms with Gasteiger partial charge < -0.3 is 9.84 Å². The van der Waals surface area contributed by atoms with Gasteiger partial charge in [-0.05, 0) is 33.4 Å². The molecule has 5 heteroatoms. The van der Waals surface area contributed by atoms with Crippen molar-refractivity contribution in [1.82, 2.24) is 14.7 Å².